The largest absolute Gasteiger partial charge is 0.409 e. The summed E-state index contributed by atoms with van der Waals surface area (Å²) in [7, 11) is 0. The molecule has 0 radical (unpaired) electrons. The van der Waals surface area contributed by atoms with E-state index in [4.69, 9.17) is 21.0 Å². The van der Waals surface area contributed by atoms with Crippen molar-refractivity contribution >= 4 is 17.7 Å². The molecule has 1 unspecified atom stereocenters. The van der Waals surface area contributed by atoms with E-state index in [1.807, 2.05) is 0 Å². The van der Waals surface area contributed by atoms with Crippen LogP contribution >= 0.6 is 0 Å². The van der Waals surface area contributed by atoms with Gasteiger partial charge in [0.2, 0.25) is 5.96 Å². The Kier molecular flexibility index (Phi) is 5.16. The number of hydrogen-bond acceptors (Lipinski definition) is 5. The van der Waals surface area contributed by atoms with Crippen LogP contribution in [0.15, 0.2) is 65.8 Å². The van der Waals surface area contributed by atoms with E-state index in [-0.39, 0.29) is 11.1 Å². The van der Waals surface area contributed by atoms with Crippen molar-refractivity contribution in [2.45, 2.75) is 12.7 Å². The molecule has 7 nitrogen and oxygen atoms in total. The average molecular weight is 327 g/mol. The Morgan fingerprint density at radius 2 is 1.50 bits per heavy atom. The van der Waals surface area contributed by atoms with Gasteiger partial charge in [-0.15, -0.1) is 0 Å². The number of benzene rings is 2. The number of ketones is 1. The maximum absolute atomic E-state index is 13.1. The van der Waals surface area contributed by atoms with Crippen LogP contribution in [0.1, 0.15) is 22.8 Å². The number of carbonyl (C=O) groups is 2. The number of rotatable bonds is 6. The molecule has 0 saturated carbocycles. The number of ether oxygens (including phenoxy) is 1. The summed E-state index contributed by atoms with van der Waals surface area (Å²) in [6.07, 6.45) is 0. The molecule has 0 saturated heterocycles. The zero-order chi connectivity index (χ0) is 17.6. The number of nitrogens with zero attached hydrogens (tertiary/aromatic N) is 1. The van der Waals surface area contributed by atoms with Crippen molar-refractivity contribution in [2.24, 2.45) is 16.6 Å². The third-order valence-electron chi connectivity index (χ3n) is 3.06. The third-order valence-corrected chi connectivity index (χ3v) is 3.06. The molecule has 1 atom stereocenters. The topological polar surface area (TPSA) is 117 Å². The summed E-state index contributed by atoms with van der Waals surface area (Å²) in [5.41, 5.74) is 11.1. The van der Waals surface area contributed by atoms with Gasteiger partial charge >= 0.3 is 11.8 Å². The van der Waals surface area contributed by atoms with Crippen molar-refractivity contribution in [1.29, 1.82) is 0 Å². The quantitative estimate of drug-likeness (QED) is 0.207. The van der Waals surface area contributed by atoms with Crippen LogP contribution in [0.2, 0.25) is 0 Å². The lowest BCUT2D eigenvalue weighted by Gasteiger charge is -2.29. The fourth-order valence-electron chi connectivity index (χ4n) is 2.11. The molecule has 0 spiro atoms. The first-order valence-corrected chi connectivity index (χ1v) is 7.08. The molecule has 0 aliphatic carbocycles. The van der Waals surface area contributed by atoms with Crippen LogP contribution in [-0.4, -0.2) is 17.7 Å². The Balaban J connectivity index is 2.62. The molecule has 0 fully saturated rings. The van der Waals surface area contributed by atoms with Gasteiger partial charge in [0, 0.05) is 18.1 Å². The fourth-order valence-corrected chi connectivity index (χ4v) is 2.11. The zero-order valence-corrected chi connectivity index (χ0v) is 13.0. The summed E-state index contributed by atoms with van der Waals surface area (Å²) in [5, 5.41) is 3.45. The molecule has 7 heteroatoms. The van der Waals surface area contributed by atoms with Crippen LogP contribution in [0.5, 0.6) is 0 Å². The third kappa shape index (κ3) is 3.70. The highest BCUT2D eigenvalue weighted by Crippen LogP contribution is 2.32. The van der Waals surface area contributed by atoms with Crippen molar-refractivity contribution in [3.63, 3.8) is 0 Å². The number of hydrogen-bond donors (Lipinski definition) is 2. The fraction of sp³-hybridized carbons (Fsp3) is 0.118. The Morgan fingerprint density at radius 3 is 2.00 bits per heavy atom. The van der Waals surface area contributed by atoms with Crippen LogP contribution < -0.4 is 11.5 Å². The predicted molar refractivity (Wildman–Crippen MR) is 87.6 cm³/mol. The molecule has 4 N–H and O–H groups in total. The highest BCUT2D eigenvalue weighted by molar-refractivity contribution is 6.03. The number of esters is 1. The normalized spacial score (nSPS) is 12.5. The van der Waals surface area contributed by atoms with Gasteiger partial charge in [0.15, 0.2) is 0 Å². The SMILES string of the molecule is CC(=O)OC(ON=C(N)N)(C(=O)c1ccccc1)c1ccccc1. The van der Waals surface area contributed by atoms with Gasteiger partial charge in [-0.1, -0.05) is 60.7 Å². The Labute approximate surface area is 138 Å². The summed E-state index contributed by atoms with van der Waals surface area (Å²) in [4.78, 5) is 30.0. The highest BCUT2D eigenvalue weighted by Gasteiger charge is 2.48. The molecular formula is C17H17N3O4. The highest BCUT2D eigenvalue weighted by atomic mass is 16.8. The molecular weight excluding hydrogens is 310 g/mol. The lowest BCUT2D eigenvalue weighted by molar-refractivity contribution is -0.212. The van der Waals surface area contributed by atoms with E-state index in [2.05, 4.69) is 5.16 Å². The molecule has 0 bridgehead atoms. The number of carbonyl (C=O) groups excluding carboxylic acids is 2. The van der Waals surface area contributed by atoms with E-state index in [0.717, 1.165) is 6.92 Å². The lowest BCUT2D eigenvalue weighted by atomic mass is 9.96. The first-order valence-electron chi connectivity index (χ1n) is 7.08. The van der Waals surface area contributed by atoms with E-state index < -0.39 is 23.5 Å². The average Bonchev–Trinajstić information content (AvgIpc) is 2.59. The van der Waals surface area contributed by atoms with Crippen LogP contribution in [0.3, 0.4) is 0 Å². The van der Waals surface area contributed by atoms with Gasteiger partial charge < -0.3 is 21.0 Å². The van der Waals surface area contributed by atoms with E-state index in [9.17, 15) is 9.59 Å². The van der Waals surface area contributed by atoms with Gasteiger partial charge in [0.05, 0.1) is 0 Å². The van der Waals surface area contributed by atoms with Gasteiger partial charge in [-0.2, -0.15) is 0 Å². The molecule has 124 valence electrons. The summed E-state index contributed by atoms with van der Waals surface area (Å²) >= 11 is 0. The number of nitrogens with two attached hydrogens (primary N) is 2. The van der Waals surface area contributed by atoms with Crippen LogP contribution in [0, 0.1) is 0 Å². The zero-order valence-electron chi connectivity index (χ0n) is 13.0. The summed E-state index contributed by atoms with van der Waals surface area (Å²) < 4.78 is 5.26. The van der Waals surface area contributed by atoms with E-state index in [0.29, 0.717) is 0 Å². The van der Waals surface area contributed by atoms with Crippen molar-refractivity contribution in [2.75, 3.05) is 0 Å². The lowest BCUT2D eigenvalue weighted by Crippen LogP contribution is -2.42. The standard InChI is InChI=1S/C17H17N3O4/c1-12(21)23-17(24-20-16(18)19,14-10-6-3-7-11-14)15(22)13-8-4-2-5-9-13/h2-11H,1H3,(H4,18,19,20). The summed E-state index contributed by atoms with van der Waals surface area (Å²) in [6.45, 7) is 1.16. The summed E-state index contributed by atoms with van der Waals surface area (Å²) in [5.74, 6) is -3.88. The van der Waals surface area contributed by atoms with Crippen molar-refractivity contribution in [3.05, 3.63) is 71.8 Å². The van der Waals surface area contributed by atoms with Crippen molar-refractivity contribution in [3.8, 4) is 0 Å². The maximum atomic E-state index is 13.1. The Hall–Kier alpha value is -3.35. The number of oxime groups is 1. The molecule has 0 aromatic heterocycles. The van der Waals surface area contributed by atoms with E-state index in [1.54, 1.807) is 60.7 Å². The van der Waals surface area contributed by atoms with Gasteiger partial charge in [0.25, 0.3) is 5.78 Å². The monoisotopic (exact) mass is 327 g/mol. The minimum absolute atomic E-state index is 0.272. The first-order chi connectivity index (χ1) is 11.5. The Morgan fingerprint density at radius 1 is 0.958 bits per heavy atom. The second kappa shape index (κ2) is 7.28. The second-order valence-corrected chi connectivity index (χ2v) is 4.88. The van der Waals surface area contributed by atoms with Crippen LogP contribution in [-0.2, 0) is 20.2 Å². The smallest absolute Gasteiger partial charge is 0.368 e. The molecule has 2 aromatic rings. The van der Waals surface area contributed by atoms with Gasteiger partial charge in [0.1, 0.15) is 0 Å². The number of Topliss-reactive ketones (excluding diaryl/α,β-unsaturated/α-hetero) is 1. The molecule has 0 amide bonds. The second-order valence-electron chi connectivity index (χ2n) is 4.88. The molecule has 0 aliphatic heterocycles. The van der Waals surface area contributed by atoms with Crippen LogP contribution in [0.25, 0.3) is 0 Å². The molecule has 24 heavy (non-hydrogen) atoms. The van der Waals surface area contributed by atoms with Gasteiger partial charge in [-0.25, -0.2) is 0 Å². The minimum atomic E-state index is -2.13. The number of guanidine groups is 1. The minimum Gasteiger partial charge on any atom is -0.409 e. The van der Waals surface area contributed by atoms with E-state index >= 15 is 0 Å². The van der Waals surface area contributed by atoms with Gasteiger partial charge in [-0.05, 0) is 5.16 Å². The van der Waals surface area contributed by atoms with Crippen molar-refractivity contribution < 1.29 is 19.2 Å². The predicted octanol–water partition coefficient (Wildman–Crippen LogP) is 1.49. The molecule has 2 aromatic carbocycles. The first kappa shape index (κ1) is 17.0. The Bertz CT molecular complexity index is 743. The maximum Gasteiger partial charge on any atom is 0.368 e. The molecule has 2 rings (SSSR count). The van der Waals surface area contributed by atoms with Crippen molar-refractivity contribution in [1.82, 2.24) is 0 Å². The van der Waals surface area contributed by atoms with Crippen LogP contribution in [0.4, 0.5) is 0 Å². The molecule has 0 aliphatic rings. The molecule has 0 heterocycles. The summed E-state index contributed by atoms with van der Waals surface area (Å²) in [6, 6.07) is 16.5. The van der Waals surface area contributed by atoms with Gasteiger partial charge in [-0.3, -0.25) is 9.59 Å². The van der Waals surface area contributed by atoms with E-state index in [1.165, 1.54) is 0 Å².